The van der Waals surface area contributed by atoms with Gasteiger partial charge < -0.3 is 15.5 Å². The maximum Gasteiger partial charge on any atom is 0.223 e. The van der Waals surface area contributed by atoms with E-state index < -0.39 is 29.5 Å². The minimum Gasteiger partial charge on any atom is -0.392 e. The van der Waals surface area contributed by atoms with Crippen molar-refractivity contribution in [2.75, 3.05) is 0 Å². The number of hydrogen-bond donors (Lipinski definition) is 3. The van der Waals surface area contributed by atoms with E-state index in [1.807, 2.05) is 38.3 Å². The van der Waals surface area contributed by atoms with Crippen LogP contribution in [0.5, 0.6) is 0 Å². The van der Waals surface area contributed by atoms with Crippen molar-refractivity contribution in [2.24, 2.45) is 17.3 Å². The molecule has 7 nitrogen and oxygen atoms in total. The Morgan fingerprint density at radius 1 is 1.14 bits per heavy atom. The van der Waals surface area contributed by atoms with Crippen LogP contribution in [-0.4, -0.2) is 50.9 Å². The molecule has 1 aliphatic heterocycles. The Bertz CT molecular complexity index is 993. The third-order valence-electron chi connectivity index (χ3n) is 7.16. The first kappa shape index (κ1) is 29.1. The van der Waals surface area contributed by atoms with Crippen molar-refractivity contribution in [3.8, 4) is 0 Å². The molecule has 0 unspecified atom stereocenters. The van der Waals surface area contributed by atoms with Crippen LogP contribution in [-0.2, 0) is 14.4 Å². The molecule has 2 rings (SSSR count). The summed E-state index contributed by atoms with van der Waals surface area (Å²) in [5.41, 5.74) is 1.48. The Morgan fingerprint density at radius 2 is 1.80 bits per heavy atom. The second-order valence-corrected chi connectivity index (χ2v) is 11.5. The fourth-order valence-corrected chi connectivity index (χ4v) is 4.89. The van der Waals surface area contributed by atoms with Crippen molar-refractivity contribution in [2.45, 2.75) is 92.4 Å². The molecule has 0 saturated heterocycles. The number of aromatic nitrogens is 1. The summed E-state index contributed by atoms with van der Waals surface area (Å²) in [5.74, 6) is -2.40. The summed E-state index contributed by atoms with van der Waals surface area (Å²) in [6.07, 6.45) is 2.62. The predicted octanol–water partition coefficient (Wildman–Crippen LogP) is 4.02. The van der Waals surface area contributed by atoms with E-state index in [0.29, 0.717) is 12.8 Å². The molecule has 35 heavy (non-hydrogen) atoms. The maximum atomic E-state index is 13.2. The van der Waals surface area contributed by atoms with Gasteiger partial charge in [-0.15, -0.1) is 11.3 Å². The Morgan fingerprint density at radius 3 is 2.40 bits per heavy atom. The van der Waals surface area contributed by atoms with Gasteiger partial charge in [0.25, 0.3) is 0 Å². The molecule has 1 amide bonds. The van der Waals surface area contributed by atoms with Gasteiger partial charge >= 0.3 is 0 Å². The topological polar surface area (TPSA) is 117 Å². The molecule has 1 aromatic heterocycles. The van der Waals surface area contributed by atoms with E-state index >= 15 is 0 Å². The largest absolute Gasteiger partial charge is 0.392 e. The Labute approximate surface area is 212 Å². The van der Waals surface area contributed by atoms with Crippen molar-refractivity contribution in [1.82, 2.24) is 10.3 Å². The summed E-state index contributed by atoms with van der Waals surface area (Å²) >= 11 is 1.55. The number of aliphatic hydroxyl groups excluding tert-OH is 2. The highest BCUT2D eigenvalue weighted by molar-refractivity contribution is 7.09. The van der Waals surface area contributed by atoms with Gasteiger partial charge in [-0.25, -0.2) is 4.98 Å². The highest BCUT2D eigenvalue weighted by Crippen LogP contribution is 2.31. The average Bonchev–Trinajstić information content (AvgIpc) is 3.21. The van der Waals surface area contributed by atoms with Gasteiger partial charge in [0.1, 0.15) is 11.6 Å². The van der Waals surface area contributed by atoms with Crippen molar-refractivity contribution < 1.29 is 24.6 Å². The SMILES string of the molecule is CC1=CC[C@@H](C(C)=Cc2csc(C)n2)NC(=O)C[C@H](O)C(C)(C)C(=O)[C@H](C)[C@@H](O)[C@@H](C)C(=O)CC1. The van der Waals surface area contributed by atoms with E-state index in [-0.39, 0.29) is 36.4 Å². The minimum atomic E-state index is -1.27. The number of amides is 1. The van der Waals surface area contributed by atoms with Crippen LogP contribution in [0.15, 0.2) is 22.6 Å². The molecule has 0 bridgehead atoms. The number of Topliss-reactive ketones (excluding diaryl/α,β-unsaturated/α-hetero) is 2. The molecule has 1 aromatic rings. The van der Waals surface area contributed by atoms with Gasteiger partial charge in [-0.1, -0.05) is 39.3 Å². The monoisotopic (exact) mass is 504 g/mol. The molecular weight excluding hydrogens is 464 g/mol. The van der Waals surface area contributed by atoms with Crippen molar-refractivity contribution in [3.63, 3.8) is 0 Å². The number of carbonyl (C=O) groups is 3. The summed E-state index contributed by atoms with van der Waals surface area (Å²) < 4.78 is 0. The third kappa shape index (κ3) is 7.66. The zero-order valence-corrected chi connectivity index (χ0v) is 22.7. The van der Waals surface area contributed by atoms with E-state index in [4.69, 9.17) is 0 Å². The van der Waals surface area contributed by atoms with Crippen molar-refractivity contribution in [1.29, 1.82) is 0 Å². The van der Waals surface area contributed by atoms with Crippen LogP contribution in [0, 0.1) is 24.2 Å². The van der Waals surface area contributed by atoms with Gasteiger partial charge in [-0.3, -0.25) is 14.4 Å². The molecule has 0 radical (unpaired) electrons. The second-order valence-electron chi connectivity index (χ2n) is 10.4. The number of carbonyl (C=O) groups excluding carboxylic acids is 3. The Balaban J connectivity index is 2.38. The third-order valence-corrected chi connectivity index (χ3v) is 7.95. The van der Waals surface area contributed by atoms with E-state index in [1.54, 1.807) is 39.0 Å². The summed E-state index contributed by atoms with van der Waals surface area (Å²) in [7, 11) is 0. The zero-order chi connectivity index (χ0) is 26.5. The van der Waals surface area contributed by atoms with Gasteiger partial charge in [-0.05, 0) is 45.3 Å². The fourth-order valence-electron chi connectivity index (χ4n) is 4.32. The lowest BCUT2D eigenvalue weighted by Gasteiger charge is -2.34. The number of hydrogen-bond acceptors (Lipinski definition) is 7. The number of aryl methyl sites for hydroxylation is 1. The van der Waals surface area contributed by atoms with Crippen LogP contribution < -0.4 is 5.32 Å². The van der Waals surface area contributed by atoms with Gasteiger partial charge in [0, 0.05) is 23.6 Å². The highest BCUT2D eigenvalue weighted by atomic mass is 32.1. The highest BCUT2D eigenvalue weighted by Gasteiger charge is 2.42. The van der Waals surface area contributed by atoms with E-state index in [1.165, 1.54) is 0 Å². The summed E-state index contributed by atoms with van der Waals surface area (Å²) in [5, 5.41) is 27.5. The lowest BCUT2D eigenvalue weighted by molar-refractivity contribution is -0.144. The molecule has 8 heteroatoms. The van der Waals surface area contributed by atoms with Gasteiger partial charge in [-0.2, -0.15) is 0 Å². The number of allylic oxidation sites excluding steroid dienone is 1. The molecule has 0 aromatic carbocycles. The predicted molar refractivity (Wildman–Crippen MR) is 139 cm³/mol. The van der Waals surface area contributed by atoms with Gasteiger partial charge in [0.05, 0.1) is 40.8 Å². The first-order valence-electron chi connectivity index (χ1n) is 12.2. The lowest BCUT2D eigenvalue weighted by Crippen LogP contribution is -2.47. The van der Waals surface area contributed by atoms with Crippen molar-refractivity contribution >= 4 is 34.9 Å². The molecule has 3 N–H and O–H groups in total. The standard InChI is InChI=1S/C27H40N2O5S/c1-15-8-10-21(16(2)12-20-14-35-19(5)28-20)29-24(32)13-23(31)27(6,7)26(34)18(4)25(33)17(3)22(30)11-9-15/h8,12,14,17-18,21,23,25,31,33H,9-11,13H2,1-7H3,(H,29,32)/t17-,18+,21-,23-,25-/m0/s1. The summed E-state index contributed by atoms with van der Waals surface area (Å²) in [6.45, 7) is 12.2. The van der Waals surface area contributed by atoms with Gasteiger partial charge in [0.15, 0.2) is 0 Å². The molecule has 194 valence electrons. The number of rotatable bonds is 2. The number of ketones is 2. The van der Waals surface area contributed by atoms with E-state index in [9.17, 15) is 24.6 Å². The number of nitrogens with one attached hydrogen (secondary N) is 1. The first-order valence-corrected chi connectivity index (χ1v) is 13.1. The lowest BCUT2D eigenvalue weighted by atomic mass is 9.72. The van der Waals surface area contributed by atoms with E-state index in [0.717, 1.165) is 21.8 Å². The smallest absolute Gasteiger partial charge is 0.223 e. The molecule has 5 atom stereocenters. The number of nitrogens with zero attached hydrogens (tertiary/aromatic N) is 1. The molecule has 0 spiro atoms. The minimum absolute atomic E-state index is 0.102. The fraction of sp³-hybridized carbons (Fsp3) is 0.630. The normalized spacial score (nSPS) is 30.1. The second kappa shape index (κ2) is 12.2. The quantitative estimate of drug-likeness (QED) is 0.524. The van der Waals surface area contributed by atoms with Crippen LogP contribution in [0.25, 0.3) is 6.08 Å². The van der Waals surface area contributed by atoms with E-state index in [2.05, 4.69) is 10.3 Å². The maximum absolute atomic E-state index is 13.2. The Hall–Kier alpha value is -2.16. The molecule has 0 fully saturated rings. The number of thiazole rings is 1. The van der Waals surface area contributed by atoms with Crippen LogP contribution in [0.4, 0.5) is 0 Å². The van der Waals surface area contributed by atoms with Crippen molar-refractivity contribution in [3.05, 3.63) is 33.3 Å². The summed E-state index contributed by atoms with van der Waals surface area (Å²) in [6, 6.07) is -0.325. The molecule has 1 aliphatic rings. The van der Waals surface area contributed by atoms with Crippen LogP contribution in [0.3, 0.4) is 0 Å². The molecule has 0 aliphatic carbocycles. The first-order chi connectivity index (χ1) is 16.2. The van der Waals surface area contributed by atoms with Crippen LogP contribution >= 0.6 is 11.3 Å². The van der Waals surface area contributed by atoms with Crippen LogP contribution in [0.2, 0.25) is 0 Å². The average molecular weight is 505 g/mol. The Kier molecular flexibility index (Phi) is 10.1. The van der Waals surface area contributed by atoms with Crippen LogP contribution in [0.1, 0.15) is 77.9 Å². The molecule has 0 saturated carbocycles. The summed E-state index contributed by atoms with van der Waals surface area (Å²) in [4.78, 5) is 43.3. The molecule has 2 heterocycles. The molecular formula is C27H40N2O5S. The zero-order valence-electron chi connectivity index (χ0n) is 21.9. The number of aliphatic hydroxyl groups is 2. The van der Waals surface area contributed by atoms with Gasteiger partial charge in [0.2, 0.25) is 5.91 Å².